The average Bonchev–Trinajstić information content (AvgIpc) is 3.39. The Balaban J connectivity index is 1.71. The summed E-state index contributed by atoms with van der Waals surface area (Å²) in [6.07, 6.45) is 1.70. The highest BCUT2D eigenvalue weighted by molar-refractivity contribution is 5.99. The highest BCUT2D eigenvalue weighted by Gasteiger charge is 2.44. The molecule has 7 nitrogen and oxygen atoms in total. The Morgan fingerprint density at radius 3 is 2.67 bits per heavy atom. The maximum absolute atomic E-state index is 13.7. The minimum absolute atomic E-state index is 0.00692. The van der Waals surface area contributed by atoms with Gasteiger partial charge in [-0.15, -0.1) is 0 Å². The second-order valence-electron chi connectivity index (χ2n) is 8.76. The Labute approximate surface area is 191 Å². The zero-order chi connectivity index (χ0) is 23.3. The third-order valence-corrected chi connectivity index (χ3v) is 6.61. The maximum Gasteiger partial charge on any atom is 0.291 e. The normalized spacial score (nSPS) is 20.0. The summed E-state index contributed by atoms with van der Waals surface area (Å²) in [7, 11) is 0. The van der Waals surface area contributed by atoms with E-state index in [0.29, 0.717) is 47.6 Å². The van der Waals surface area contributed by atoms with Gasteiger partial charge in [0.1, 0.15) is 5.58 Å². The molecule has 1 saturated heterocycles. The van der Waals surface area contributed by atoms with Gasteiger partial charge in [-0.1, -0.05) is 6.07 Å². The van der Waals surface area contributed by atoms with Crippen molar-refractivity contribution in [2.75, 3.05) is 19.8 Å². The Bertz CT molecular complexity index is 1300. The number of ether oxygens (including phenoxy) is 2. The molecule has 1 fully saturated rings. The van der Waals surface area contributed by atoms with Crippen molar-refractivity contribution in [3.8, 4) is 11.5 Å². The Hall–Kier alpha value is -3.32. The number of benzene rings is 2. The molecule has 0 spiro atoms. The number of aromatic hydroxyl groups is 1. The van der Waals surface area contributed by atoms with Crippen LogP contribution in [-0.4, -0.2) is 41.8 Å². The summed E-state index contributed by atoms with van der Waals surface area (Å²) < 4.78 is 17.4. The monoisotopic (exact) mass is 449 g/mol. The van der Waals surface area contributed by atoms with Gasteiger partial charge in [-0.05, 0) is 74.6 Å². The van der Waals surface area contributed by atoms with Crippen molar-refractivity contribution >= 4 is 16.9 Å². The number of hydrogen-bond donors (Lipinski definition) is 1. The first-order valence-corrected chi connectivity index (χ1v) is 11.3. The van der Waals surface area contributed by atoms with Crippen LogP contribution >= 0.6 is 0 Å². The number of amides is 1. The first-order chi connectivity index (χ1) is 15.9. The molecule has 7 heteroatoms. The molecule has 2 aromatic carbocycles. The van der Waals surface area contributed by atoms with Crippen molar-refractivity contribution < 1.29 is 23.8 Å². The summed E-state index contributed by atoms with van der Waals surface area (Å²) in [6, 6.07) is 7.92. The predicted molar refractivity (Wildman–Crippen MR) is 123 cm³/mol. The molecule has 0 radical (unpaired) electrons. The van der Waals surface area contributed by atoms with Crippen molar-refractivity contribution in [2.24, 2.45) is 0 Å². The third kappa shape index (κ3) is 3.56. The zero-order valence-corrected chi connectivity index (χ0v) is 19.0. The molecule has 172 valence electrons. The van der Waals surface area contributed by atoms with E-state index in [1.165, 1.54) is 6.07 Å². The number of aryl methyl sites for hydroxylation is 2. The van der Waals surface area contributed by atoms with Crippen molar-refractivity contribution in [3.63, 3.8) is 0 Å². The molecule has 1 amide bonds. The van der Waals surface area contributed by atoms with Crippen LogP contribution in [0, 0.1) is 13.8 Å². The molecule has 5 rings (SSSR count). The number of carbonyl (C=O) groups is 1. The standard InChI is InChI=1S/C26H27NO6/c1-4-31-21-12-16(7-8-19(21)28)23-22-24(29)18-10-14(2)15(3)11-20(18)33-25(22)26(30)27(23)13-17-6-5-9-32-17/h7-8,10-12,17,23,28H,4-6,9,13H2,1-3H3. The Morgan fingerprint density at radius 2 is 1.94 bits per heavy atom. The third-order valence-electron chi connectivity index (χ3n) is 6.61. The van der Waals surface area contributed by atoms with Crippen LogP contribution in [0.3, 0.4) is 0 Å². The van der Waals surface area contributed by atoms with E-state index in [1.807, 2.05) is 32.9 Å². The van der Waals surface area contributed by atoms with Crippen LogP contribution in [0.2, 0.25) is 0 Å². The lowest BCUT2D eigenvalue weighted by molar-refractivity contribution is 0.0486. The lowest BCUT2D eigenvalue weighted by Crippen LogP contribution is -2.36. The number of carbonyl (C=O) groups excluding carboxylic acids is 1. The van der Waals surface area contributed by atoms with Crippen LogP contribution in [0.15, 0.2) is 39.5 Å². The fraction of sp³-hybridized carbons (Fsp3) is 0.385. The highest BCUT2D eigenvalue weighted by atomic mass is 16.5. The van der Waals surface area contributed by atoms with Crippen molar-refractivity contribution in [3.05, 3.63) is 68.6 Å². The van der Waals surface area contributed by atoms with E-state index >= 15 is 0 Å². The molecule has 0 bridgehead atoms. The number of nitrogens with zero attached hydrogens (tertiary/aromatic N) is 1. The van der Waals surface area contributed by atoms with Crippen molar-refractivity contribution in [1.29, 1.82) is 0 Å². The molecule has 0 aliphatic carbocycles. The fourth-order valence-corrected chi connectivity index (χ4v) is 4.79. The topological polar surface area (TPSA) is 89.2 Å². The molecule has 33 heavy (non-hydrogen) atoms. The van der Waals surface area contributed by atoms with Gasteiger partial charge in [-0.25, -0.2) is 0 Å². The summed E-state index contributed by atoms with van der Waals surface area (Å²) >= 11 is 0. The van der Waals surface area contributed by atoms with Crippen LogP contribution in [0.25, 0.3) is 11.0 Å². The second kappa shape index (κ2) is 8.23. The molecule has 2 atom stereocenters. The van der Waals surface area contributed by atoms with E-state index in [0.717, 1.165) is 24.0 Å². The predicted octanol–water partition coefficient (Wildman–Crippen LogP) is 4.24. The smallest absolute Gasteiger partial charge is 0.291 e. The van der Waals surface area contributed by atoms with Gasteiger partial charge in [-0.2, -0.15) is 0 Å². The lowest BCUT2D eigenvalue weighted by Gasteiger charge is -2.27. The van der Waals surface area contributed by atoms with Crippen molar-refractivity contribution in [2.45, 2.75) is 45.8 Å². The van der Waals surface area contributed by atoms with E-state index in [-0.39, 0.29) is 28.9 Å². The van der Waals surface area contributed by atoms with Gasteiger partial charge in [0, 0.05) is 13.2 Å². The molecule has 2 aliphatic heterocycles. The molecule has 1 aromatic heterocycles. The van der Waals surface area contributed by atoms with E-state index in [1.54, 1.807) is 17.0 Å². The second-order valence-corrected chi connectivity index (χ2v) is 8.76. The van der Waals surface area contributed by atoms with E-state index in [9.17, 15) is 14.7 Å². The highest BCUT2D eigenvalue weighted by Crippen LogP contribution is 2.41. The summed E-state index contributed by atoms with van der Waals surface area (Å²) in [6.45, 7) is 7.12. The molecule has 2 unspecified atom stereocenters. The molecule has 0 saturated carbocycles. The van der Waals surface area contributed by atoms with Gasteiger partial charge < -0.3 is 23.9 Å². The number of fused-ring (bicyclic) bond motifs is 2. The SMILES string of the molecule is CCOc1cc(C2c3c(oc4cc(C)c(C)cc4c3=O)C(=O)N2CC2CCCO2)ccc1O. The van der Waals surface area contributed by atoms with E-state index in [2.05, 4.69) is 0 Å². The fourth-order valence-electron chi connectivity index (χ4n) is 4.79. The molecule has 3 aromatic rings. The molecule has 3 heterocycles. The summed E-state index contributed by atoms with van der Waals surface area (Å²) in [5.41, 5.74) is 3.17. The number of hydrogen-bond acceptors (Lipinski definition) is 6. The van der Waals surface area contributed by atoms with Gasteiger partial charge in [0.15, 0.2) is 16.9 Å². The van der Waals surface area contributed by atoms with Crippen LogP contribution in [0.4, 0.5) is 0 Å². The van der Waals surface area contributed by atoms with E-state index in [4.69, 9.17) is 13.9 Å². The summed E-state index contributed by atoms with van der Waals surface area (Å²) in [5, 5.41) is 10.7. The van der Waals surface area contributed by atoms with Gasteiger partial charge in [-0.3, -0.25) is 9.59 Å². The number of phenols is 1. The minimum Gasteiger partial charge on any atom is -0.504 e. The van der Waals surface area contributed by atoms with Crippen LogP contribution in [-0.2, 0) is 4.74 Å². The maximum atomic E-state index is 13.7. The first-order valence-electron chi connectivity index (χ1n) is 11.3. The quantitative estimate of drug-likeness (QED) is 0.627. The van der Waals surface area contributed by atoms with Crippen molar-refractivity contribution in [1.82, 2.24) is 4.90 Å². The van der Waals surface area contributed by atoms with Crippen LogP contribution in [0.5, 0.6) is 11.5 Å². The molecular weight excluding hydrogens is 422 g/mol. The number of rotatable bonds is 5. The van der Waals surface area contributed by atoms with Gasteiger partial charge in [0.2, 0.25) is 5.76 Å². The lowest BCUT2D eigenvalue weighted by atomic mass is 9.97. The molecule has 2 aliphatic rings. The zero-order valence-electron chi connectivity index (χ0n) is 19.0. The van der Waals surface area contributed by atoms with E-state index < -0.39 is 6.04 Å². The van der Waals surface area contributed by atoms with Crippen LogP contribution in [0.1, 0.15) is 58.6 Å². The Kier molecular flexibility index (Phi) is 5.37. The molecule has 1 N–H and O–H groups in total. The van der Waals surface area contributed by atoms with Gasteiger partial charge >= 0.3 is 0 Å². The van der Waals surface area contributed by atoms with Gasteiger partial charge in [0.25, 0.3) is 5.91 Å². The average molecular weight is 450 g/mol. The largest absolute Gasteiger partial charge is 0.504 e. The molecular formula is C26H27NO6. The minimum atomic E-state index is -0.654. The summed E-state index contributed by atoms with van der Waals surface area (Å²) in [5.74, 6) is 0.0654. The number of phenolic OH excluding ortho intramolecular Hbond substituents is 1. The van der Waals surface area contributed by atoms with Crippen LogP contribution < -0.4 is 10.2 Å². The Morgan fingerprint density at radius 1 is 1.15 bits per heavy atom. The summed E-state index contributed by atoms with van der Waals surface area (Å²) in [4.78, 5) is 28.9. The van der Waals surface area contributed by atoms with Gasteiger partial charge in [0.05, 0.1) is 29.7 Å². The first kappa shape index (κ1) is 21.5.